The number of hydrogen-bond acceptors (Lipinski definition) is 4. The van der Waals surface area contributed by atoms with Crippen molar-refractivity contribution in [3.8, 4) is 5.75 Å². The Bertz CT molecular complexity index is 917. The van der Waals surface area contributed by atoms with Gasteiger partial charge in [0.1, 0.15) is 5.75 Å². The number of nitrogens with one attached hydrogen (secondary N) is 1. The minimum absolute atomic E-state index is 0.264. The molecule has 0 saturated carbocycles. The predicted molar refractivity (Wildman–Crippen MR) is 110 cm³/mol. The third-order valence-electron chi connectivity index (χ3n) is 4.00. The minimum atomic E-state index is -0.777. The van der Waals surface area contributed by atoms with Crippen molar-refractivity contribution in [3.05, 3.63) is 44.2 Å². The van der Waals surface area contributed by atoms with Crippen LogP contribution in [0.25, 0.3) is 0 Å². The highest BCUT2D eigenvalue weighted by Gasteiger charge is 2.13. The van der Waals surface area contributed by atoms with E-state index in [1.807, 2.05) is 0 Å². The molecule has 1 aromatic heterocycles. The number of hydrazone groups is 1. The van der Waals surface area contributed by atoms with Gasteiger partial charge in [-0.25, -0.2) is 10.2 Å². The van der Waals surface area contributed by atoms with E-state index in [4.69, 9.17) is 27.1 Å². The van der Waals surface area contributed by atoms with Crippen LogP contribution in [-0.2, 0) is 6.54 Å². The summed E-state index contributed by atoms with van der Waals surface area (Å²) in [5, 5.41) is 4.58. The number of thiazole rings is 1. The summed E-state index contributed by atoms with van der Waals surface area (Å²) in [5.41, 5.74) is 9.15. The molecule has 0 fully saturated rings. The molecular formula is C18H24ClN5O2S. The number of primary amides is 1. The Labute approximate surface area is 167 Å². The van der Waals surface area contributed by atoms with Gasteiger partial charge in [0.2, 0.25) is 0 Å². The summed E-state index contributed by atoms with van der Waals surface area (Å²) in [6, 6.07) is 4.35. The molecule has 0 spiro atoms. The Balaban J connectivity index is 2.66. The average molecular weight is 410 g/mol. The van der Waals surface area contributed by atoms with Gasteiger partial charge in [0, 0.05) is 22.1 Å². The quantitative estimate of drug-likeness (QED) is 0.433. The Morgan fingerprint density at radius 1 is 1.41 bits per heavy atom. The van der Waals surface area contributed by atoms with Crippen molar-refractivity contribution >= 4 is 34.8 Å². The number of carbonyl (C=O) groups excluding carboxylic acids is 1. The number of carbonyl (C=O) groups is 1. The van der Waals surface area contributed by atoms with Gasteiger partial charge in [0.05, 0.1) is 12.7 Å². The SMILES string of the molecule is CCCCn1c(C)c(C)s/c1=N\C(=NNC(N)=O)c1cc(Cl)ccc1OC. The van der Waals surface area contributed by atoms with Gasteiger partial charge in [0.25, 0.3) is 0 Å². The fourth-order valence-corrected chi connectivity index (χ4v) is 3.64. The highest BCUT2D eigenvalue weighted by molar-refractivity contribution is 7.09. The molecule has 0 radical (unpaired) electrons. The van der Waals surface area contributed by atoms with E-state index in [-0.39, 0.29) is 5.84 Å². The molecule has 0 aliphatic rings. The predicted octanol–water partition coefficient (Wildman–Crippen LogP) is 3.56. The molecule has 1 heterocycles. The van der Waals surface area contributed by atoms with Crippen LogP contribution in [0.1, 0.15) is 35.9 Å². The number of aromatic nitrogens is 1. The van der Waals surface area contributed by atoms with E-state index in [9.17, 15) is 4.79 Å². The number of unbranched alkanes of at least 4 members (excludes halogenated alkanes) is 1. The highest BCUT2D eigenvalue weighted by Crippen LogP contribution is 2.24. The van der Waals surface area contributed by atoms with Gasteiger partial charge in [-0.1, -0.05) is 24.9 Å². The first-order chi connectivity index (χ1) is 12.9. The molecule has 3 N–H and O–H groups in total. The van der Waals surface area contributed by atoms with E-state index in [0.717, 1.165) is 29.9 Å². The number of halogens is 1. The van der Waals surface area contributed by atoms with Gasteiger partial charge >= 0.3 is 6.03 Å². The summed E-state index contributed by atoms with van der Waals surface area (Å²) in [6.07, 6.45) is 2.11. The molecule has 2 rings (SSSR count). The van der Waals surface area contributed by atoms with E-state index in [0.29, 0.717) is 16.3 Å². The lowest BCUT2D eigenvalue weighted by Crippen LogP contribution is -2.27. The van der Waals surface area contributed by atoms with Gasteiger partial charge in [-0.15, -0.1) is 11.3 Å². The number of rotatable bonds is 6. The van der Waals surface area contributed by atoms with E-state index in [1.54, 1.807) is 36.6 Å². The summed E-state index contributed by atoms with van der Waals surface area (Å²) in [5.74, 6) is 0.804. The number of hydrogen-bond donors (Lipinski definition) is 2. The lowest BCUT2D eigenvalue weighted by atomic mass is 10.2. The number of methoxy groups -OCH3 is 1. The number of amidine groups is 1. The number of urea groups is 1. The molecule has 0 aliphatic heterocycles. The molecule has 7 nitrogen and oxygen atoms in total. The van der Waals surface area contributed by atoms with Crippen molar-refractivity contribution in [2.45, 2.75) is 40.2 Å². The maximum absolute atomic E-state index is 11.2. The zero-order valence-electron chi connectivity index (χ0n) is 15.9. The van der Waals surface area contributed by atoms with Crippen LogP contribution < -0.4 is 20.7 Å². The van der Waals surface area contributed by atoms with E-state index < -0.39 is 6.03 Å². The molecule has 1 aromatic carbocycles. The third kappa shape index (κ3) is 5.33. The van der Waals surface area contributed by atoms with Gasteiger partial charge in [0.15, 0.2) is 10.6 Å². The van der Waals surface area contributed by atoms with Crippen molar-refractivity contribution in [3.63, 3.8) is 0 Å². The molecule has 27 heavy (non-hydrogen) atoms. The molecule has 0 unspecified atom stereocenters. The monoisotopic (exact) mass is 409 g/mol. The smallest absolute Gasteiger partial charge is 0.332 e. The molecule has 2 amide bonds. The van der Waals surface area contributed by atoms with Crippen LogP contribution in [0.4, 0.5) is 4.79 Å². The van der Waals surface area contributed by atoms with Gasteiger partial charge in [-0.3, -0.25) is 0 Å². The Hall–Kier alpha value is -2.32. The van der Waals surface area contributed by atoms with Crippen molar-refractivity contribution in [2.24, 2.45) is 15.8 Å². The van der Waals surface area contributed by atoms with Crippen molar-refractivity contribution in [2.75, 3.05) is 7.11 Å². The molecule has 2 aromatic rings. The Morgan fingerprint density at radius 3 is 2.78 bits per heavy atom. The van der Waals surface area contributed by atoms with Crippen LogP contribution >= 0.6 is 22.9 Å². The first-order valence-electron chi connectivity index (χ1n) is 8.56. The number of aryl methyl sites for hydroxylation is 1. The number of nitrogens with two attached hydrogens (primary N) is 1. The summed E-state index contributed by atoms with van der Waals surface area (Å²) in [6.45, 7) is 7.13. The van der Waals surface area contributed by atoms with Gasteiger partial charge in [-0.2, -0.15) is 10.1 Å². The first kappa shape index (κ1) is 21.0. The van der Waals surface area contributed by atoms with Crippen LogP contribution in [0.5, 0.6) is 5.75 Å². The summed E-state index contributed by atoms with van der Waals surface area (Å²) in [7, 11) is 1.55. The molecule has 0 bridgehead atoms. The molecule has 0 saturated heterocycles. The van der Waals surface area contributed by atoms with E-state index >= 15 is 0 Å². The third-order valence-corrected chi connectivity index (χ3v) is 5.33. The summed E-state index contributed by atoms with van der Waals surface area (Å²) >= 11 is 7.71. The Morgan fingerprint density at radius 2 is 2.15 bits per heavy atom. The number of amides is 2. The van der Waals surface area contributed by atoms with Gasteiger partial charge in [-0.05, 0) is 38.5 Å². The second kappa shape index (κ2) is 9.57. The molecule has 0 atom stereocenters. The average Bonchev–Trinajstić information content (AvgIpc) is 2.90. The van der Waals surface area contributed by atoms with Crippen molar-refractivity contribution < 1.29 is 9.53 Å². The second-order valence-corrected chi connectivity index (χ2v) is 7.52. The standard InChI is InChI=1S/C18H24ClN5O2S/c1-5-6-9-24-11(2)12(3)27-18(24)21-16(22-23-17(20)25)14-10-13(19)7-8-15(14)26-4/h7-8,10H,5-6,9H2,1-4H3,(H3,20,23,25)/b21-18-,22-16?. The zero-order valence-corrected chi connectivity index (χ0v) is 17.4. The molecule has 146 valence electrons. The molecule has 0 aliphatic carbocycles. The maximum Gasteiger partial charge on any atom is 0.332 e. The molecule has 9 heteroatoms. The van der Waals surface area contributed by atoms with Crippen LogP contribution in [0, 0.1) is 13.8 Å². The minimum Gasteiger partial charge on any atom is -0.496 e. The van der Waals surface area contributed by atoms with E-state index in [2.05, 4.69) is 35.9 Å². The van der Waals surface area contributed by atoms with Crippen LogP contribution in [0.3, 0.4) is 0 Å². The fraction of sp³-hybridized carbons (Fsp3) is 0.389. The molecular weight excluding hydrogens is 386 g/mol. The zero-order chi connectivity index (χ0) is 20.0. The maximum atomic E-state index is 11.2. The van der Waals surface area contributed by atoms with E-state index in [1.165, 1.54) is 4.88 Å². The number of ether oxygens (including phenoxy) is 1. The number of nitrogens with zero attached hydrogens (tertiary/aromatic N) is 3. The van der Waals surface area contributed by atoms with Crippen LogP contribution in [0.2, 0.25) is 5.02 Å². The first-order valence-corrected chi connectivity index (χ1v) is 9.75. The highest BCUT2D eigenvalue weighted by atomic mass is 35.5. The lowest BCUT2D eigenvalue weighted by molar-refractivity contribution is 0.249. The Kier molecular flexibility index (Phi) is 7.44. The van der Waals surface area contributed by atoms with Crippen molar-refractivity contribution in [1.29, 1.82) is 0 Å². The second-order valence-electron chi connectivity index (χ2n) is 5.90. The van der Waals surface area contributed by atoms with Gasteiger partial charge < -0.3 is 15.0 Å². The largest absolute Gasteiger partial charge is 0.496 e. The topological polar surface area (TPSA) is 94.0 Å². The number of benzene rings is 1. The summed E-state index contributed by atoms with van der Waals surface area (Å²) < 4.78 is 7.56. The lowest BCUT2D eigenvalue weighted by Gasteiger charge is -2.09. The normalized spacial score (nSPS) is 12.3. The van der Waals surface area contributed by atoms with Crippen LogP contribution in [-0.4, -0.2) is 23.5 Å². The fourth-order valence-electron chi connectivity index (χ4n) is 2.46. The van der Waals surface area contributed by atoms with Crippen LogP contribution in [0.15, 0.2) is 28.3 Å². The van der Waals surface area contributed by atoms with Crippen molar-refractivity contribution in [1.82, 2.24) is 9.99 Å². The summed E-state index contributed by atoms with van der Waals surface area (Å²) in [4.78, 5) is 17.8.